The van der Waals surface area contributed by atoms with Gasteiger partial charge in [-0.25, -0.2) is 0 Å². The first kappa shape index (κ1) is 75.5. The van der Waals surface area contributed by atoms with E-state index in [1.54, 1.807) is 6.08 Å². The molecule has 0 rings (SSSR count). The number of phosphoric ester groups is 1. The van der Waals surface area contributed by atoms with Gasteiger partial charge in [0.15, 0.2) is 0 Å². The minimum Gasteiger partial charge on any atom is -0.756 e. The van der Waals surface area contributed by atoms with Gasteiger partial charge in [-0.1, -0.05) is 300 Å². The molecule has 3 unspecified atom stereocenters. The number of phosphoric acid groups is 1. The van der Waals surface area contributed by atoms with Gasteiger partial charge >= 0.3 is 0 Å². The zero-order chi connectivity index (χ0) is 56.3. The second kappa shape index (κ2) is 59.1. The number of amides is 1. The van der Waals surface area contributed by atoms with Crippen molar-refractivity contribution in [2.45, 2.75) is 341 Å². The summed E-state index contributed by atoms with van der Waals surface area (Å²) in [6.45, 7) is 4.66. The number of unbranched alkanes of at least 4 members (excludes halogenated alkanes) is 43. The number of carbonyl (C=O) groups excluding carboxylic acids is 1. The van der Waals surface area contributed by atoms with Crippen molar-refractivity contribution in [3.63, 3.8) is 0 Å². The van der Waals surface area contributed by atoms with E-state index in [2.05, 4.69) is 55.6 Å². The molecule has 454 valence electrons. The molecule has 0 saturated heterocycles. The van der Waals surface area contributed by atoms with Crippen LogP contribution in [-0.2, 0) is 18.4 Å². The van der Waals surface area contributed by atoms with Gasteiger partial charge < -0.3 is 28.8 Å². The summed E-state index contributed by atoms with van der Waals surface area (Å²) in [5.41, 5.74) is 0. The Bertz CT molecular complexity index is 1390. The fraction of sp³-hybridized carbons (Fsp3) is 0.868. The van der Waals surface area contributed by atoms with E-state index >= 15 is 0 Å². The zero-order valence-electron chi connectivity index (χ0n) is 51.9. The molecular formula is C68H131N2O6P. The number of aliphatic hydroxyl groups is 1. The third-order valence-corrected chi connectivity index (χ3v) is 16.2. The number of hydrogen-bond donors (Lipinski definition) is 2. The van der Waals surface area contributed by atoms with Crippen molar-refractivity contribution < 1.29 is 32.9 Å². The lowest BCUT2D eigenvalue weighted by molar-refractivity contribution is -0.870. The molecule has 0 spiro atoms. The smallest absolute Gasteiger partial charge is 0.268 e. The van der Waals surface area contributed by atoms with Gasteiger partial charge in [0.25, 0.3) is 7.82 Å². The summed E-state index contributed by atoms with van der Waals surface area (Å²) in [6.07, 6.45) is 79.5. The number of rotatable bonds is 62. The van der Waals surface area contributed by atoms with Gasteiger partial charge in [0, 0.05) is 6.42 Å². The number of nitrogens with one attached hydrogen (secondary N) is 1. The van der Waals surface area contributed by atoms with Gasteiger partial charge in [0.05, 0.1) is 39.9 Å². The van der Waals surface area contributed by atoms with E-state index in [0.717, 1.165) is 44.9 Å². The Labute approximate surface area is 479 Å². The summed E-state index contributed by atoms with van der Waals surface area (Å²) >= 11 is 0. The highest BCUT2D eigenvalue weighted by atomic mass is 31.2. The fourth-order valence-corrected chi connectivity index (χ4v) is 10.7. The van der Waals surface area contributed by atoms with Crippen molar-refractivity contribution in [1.29, 1.82) is 0 Å². The molecule has 0 radical (unpaired) electrons. The van der Waals surface area contributed by atoms with Crippen LogP contribution in [0.15, 0.2) is 48.6 Å². The number of likely N-dealkylation sites (N-methyl/N-ethyl adjacent to an activating group) is 1. The van der Waals surface area contributed by atoms with Crippen molar-refractivity contribution in [3.05, 3.63) is 48.6 Å². The van der Waals surface area contributed by atoms with Gasteiger partial charge in [0.2, 0.25) is 5.91 Å². The van der Waals surface area contributed by atoms with Crippen LogP contribution in [0.4, 0.5) is 0 Å². The number of allylic oxidation sites excluding steroid dienone is 7. The highest BCUT2D eigenvalue weighted by molar-refractivity contribution is 7.45. The standard InChI is InChI=1S/C68H131N2O6P/c1-6-8-10-12-14-16-18-20-22-24-26-28-30-31-32-33-34-35-36-37-38-39-40-42-44-46-48-50-52-54-56-58-60-62-68(72)69-66(65-76-77(73,74)75-64-63-70(3,4)5)67(71)61-59-57-55-53-51-49-47-45-43-41-29-27-25-23-21-19-17-15-13-11-9-7-2/h24,26,43,45,51,53,59,61,66-67,71H,6-23,25,27-42,44,46-50,52,54-58,60,62-65H2,1-5H3,(H-,69,72,73,74)/b26-24-,45-43+,53-51+,61-59+. The van der Waals surface area contributed by atoms with Crippen molar-refractivity contribution in [3.8, 4) is 0 Å². The zero-order valence-corrected chi connectivity index (χ0v) is 52.8. The van der Waals surface area contributed by atoms with Gasteiger partial charge in [-0.15, -0.1) is 0 Å². The quantitative estimate of drug-likeness (QED) is 0.0272. The second-order valence-corrected chi connectivity index (χ2v) is 25.6. The van der Waals surface area contributed by atoms with E-state index in [1.165, 1.54) is 263 Å². The largest absolute Gasteiger partial charge is 0.756 e. The average Bonchev–Trinajstić information content (AvgIpc) is 3.39. The average molecular weight is 1100 g/mol. The van der Waals surface area contributed by atoms with Gasteiger partial charge in [-0.3, -0.25) is 9.36 Å². The van der Waals surface area contributed by atoms with Crippen molar-refractivity contribution in [2.24, 2.45) is 0 Å². The molecule has 9 heteroatoms. The van der Waals surface area contributed by atoms with Crippen molar-refractivity contribution in [1.82, 2.24) is 5.32 Å². The first-order chi connectivity index (χ1) is 37.5. The summed E-state index contributed by atoms with van der Waals surface area (Å²) in [5.74, 6) is -0.206. The lowest BCUT2D eigenvalue weighted by atomic mass is 10.0. The van der Waals surface area contributed by atoms with Gasteiger partial charge in [-0.05, 0) is 70.6 Å². The molecule has 0 aromatic rings. The Morgan fingerprint density at radius 2 is 0.727 bits per heavy atom. The van der Waals surface area contributed by atoms with E-state index in [4.69, 9.17) is 9.05 Å². The Balaban J connectivity index is 4.08. The topological polar surface area (TPSA) is 108 Å². The summed E-state index contributed by atoms with van der Waals surface area (Å²) in [6, 6.07) is -0.910. The number of hydrogen-bond acceptors (Lipinski definition) is 6. The predicted molar refractivity (Wildman–Crippen MR) is 334 cm³/mol. The summed E-state index contributed by atoms with van der Waals surface area (Å²) < 4.78 is 23.4. The minimum absolute atomic E-state index is 0.00812. The van der Waals surface area contributed by atoms with Crippen LogP contribution in [0, 0.1) is 0 Å². The maximum absolute atomic E-state index is 13.0. The van der Waals surface area contributed by atoms with Gasteiger partial charge in [-0.2, -0.15) is 0 Å². The molecule has 0 aliphatic heterocycles. The van der Waals surface area contributed by atoms with Crippen LogP contribution in [0.25, 0.3) is 0 Å². The van der Waals surface area contributed by atoms with E-state index in [9.17, 15) is 19.4 Å². The second-order valence-electron chi connectivity index (χ2n) is 24.2. The van der Waals surface area contributed by atoms with E-state index < -0.39 is 26.6 Å². The molecule has 0 heterocycles. The molecule has 0 saturated carbocycles. The molecule has 0 aromatic heterocycles. The highest BCUT2D eigenvalue weighted by Crippen LogP contribution is 2.38. The Kier molecular flexibility index (Phi) is 57.9. The Hall–Kier alpha value is -1.54. The first-order valence-electron chi connectivity index (χ1n) is 33.5. The lowest BCUT2D eigenvalue weighted by Crippen LogP contribution is -2.45. The highest BCUT2D eigenvalue weighted by Gasteiger charge is 2.23. The maximum atomic E-state index is 13.0. The molecule has 2 N–H and O–H groups in total. The number of carbonyl (C=O) groups is 1. The van der Waals surface area contributed by atoms with Gasteiger partial charge in [0.1, 0.15) is 13.2 Å². The number of nitrogens with zero attached hydrogens (tertiary/aromatic N) is 1. The van der Waals surface area contributed by atoms with Crippen LogP contribution >= 0.6 is 7.82 Å². The third kappa shape index (κ3) is 61.9. The van der Waals surface area contributed by atoms with Crippen LogP contribution in [0.1, 0.15) is 328 Å². The lowest BCUT2D eigenvalue weighted by Gasteiger charge is -2.29. The third-order valence-electron chi connectivity index (χ3n) is 15.2. The molecule has 0 bridgehead atoms. The van der Waals surface area contributed by atoms with E-state index in [-0.39, 0.29) is 12.5 Å². The summed E-state index contributed by atoms with van der Waals surface area (Å²) in [4.78, 5) is 25.6. The monoisotopic (exact) mass is 1100 g/mol. The summed E-state index contributed by atoms with van der Waals surface area (Å²) in [7, 11) is 1.25. The molecule has 3 atom stereocenters. The normalized spacial score (nSPS) is 14.0. The molecule has 0 fully saturated rings. The van der Waals surface area contributed by atoms with Crippen LogP contribution in [0.2, 0.25) is 0 Å². The van der Waals surface area contributed by atoms with Crippen molar-refractivity contribution >= 4 is 13.7 Å². The maximum Gasteiger partial charge on any atom is 0.268 e. The molecule has 77 heavy (non-hydrogen) atoms. The molecule has 8 nitrogen and oxygen atoms in total. The SMILES string of the molecule is CCCCCCCCCC/C=C\CCCCCCCCCCCCCCCCCCCCCCCC(=O)NC(COP(=O)([O-])OCC[N+](C)(C)C)C(O)/C=C/CC/C=C/CC/C=C/CCCCCCCCCCCCCC. The van der Waals surface area contributed by atoms with Crippen LogP contribution in [0.5, 0.6) is 0 Å². The number of quaternary nitrogens is 1. The predicted octanol–water partition coefficient (Wildman–Crippen LogP) is 20.4. The Morgan fingerprint density at radius 3 is 1.05 bits per heavy atom. The van der Waals surface area contributed by atoms with Crippen LogP contribution in [0.3, 0.4) is 0 Å². The molecule has 0 aromatic carbocycles. The van der Waals surface area contributed by atoms with E-state index in [0.29, 0.717) is 17.4 Å². The van der Waals surface area contributed by atoms with E-state index in [1.807, 2.05) is 27.2 Å². The Morgan fingerprint density at radius 1 is 0.442 bits per heavy atom. The van der Waals surface area contributed by atoms with Crippen LogP contribution < -0.4 is 10.2 Å². The molecule has 1 amide bonds. The first-order valence-corrected chi connectivity index (χ1v) is 35.0. The minimum atomic E-state index is -4.61. The van der Waals surface area contributed by atoms with Crippen molar-refractivity contribution in [2.75, 3.05) is 40.9 Å². The molecule has 0 aliphatic rings. The molecular weight excluding hydrogens is 972 g/mol. The fourth-order valence-electron chi connectivity index (χ4n) is 10.0. The summed E-state index contributed by atoms with van der Waals surface area (Å²) in [5, 5.41) is 13.9. The number of aliphatic hydroxyl groups excluding tert-OH is 1. The molecule has 0 aliphatic carbocycles. The van der Waals surface area contributed by atoms with Crippen LogP contribution in [-0.4, -0.2) is 68.5 Å².